The van der Waals surface area contributed by atoms with Gasteiger partial charge in [-0.1, -0.05) is 48.5 Å². The molecule has 0 aliphatic rings. The summed E-state index contributed by atoms with van der Waals surface area (Å²) in [6, 6.07) is 16.2. The maximum Gasteiger partial charge on any atom is 0.123 e. The van der Waals surface area contributed by atoms with Crippen LogP contribution in [0.1, 0.15) is 17.2 Å². The van der Waals surface area contributed by atoms with Crippen LogP contribution in [0.2, 0.25) is 0 Å². The standard InChI is InChI=1S/C16H15FO/c1-2-16(14-8-10-15(17)11-9-14)18-12-13-6-4-3-5-7-13/h2-11,16H,1,12H2. The van der Waals surface area contributed by atoms with Crippen LogP contribution < -0.4 is 0 Å². The average Bonchev–Trinajstić information content (AvgIpc) is 2.42. The summed E-state index contributed by atoms with van der Waals surface area (Å²) in [4.78, 5) is 0. The zero-order valence-electron chi connectivity index (χ0n) is 10.1. The van der Waals surface area contributed by atoms with Crippen LogP contribution in [0.3, 0.4) is 0 Å². The Bertz CT molecular complexity index is 490. The third kappa shape index (κ3) is 3.28. The van der Waals surface area contributed by atoms with Crippen molar-refractivity contribution in [1.29, 1.82) is 0 Å². The zero-order chi connectivity index (χ0) is 12.8. The van der Waals surface area contributed by atoms with Gasteiger partial charge < -0.3 is 4.74 Å². The Kier molecular flexibility index (Phi) is 4.26. The molecule has 0 N–H and O–H groups in total. The summed E-state index contributed by atoms with van der Waals surface area (Å²) in [5, 5.41) is 0. The van der Waals surface area contributed by atoms with Crippen molar-refractivity contribution in [2.24, 2.45) is 0 Å². The molecule has 1 nitrogen and oxygen atoms in total. The van der Waals surface area contributed by atoms with Crippen molar-refractivity contribution < 1.29 is 9.13 Å². The molecule has 0 saturated carbocycles. The van der Waals surface area contributed by atoms with E-state index in [1.165, 1.54) is 12.1 Å². The minimum absolute atomic E-state index is 0.217. The molecule has 92 valence electrons. The smallest absolute Gasteiger partial charge is 0.123 e. The molecule has 0 fully saturated rings. The maximum absolute atomic E-state index is 12.8. The van der Waals surface area contributed by atoms with E-state index in [1.54, 1.807) is 18.2 Å². The van der Waals surface area contributed by atoms with Crippen LogP contribution >= 0.6 is 0 Å². The second-order valence-electron chi connectivity index (χ2n) is 4.00. The lowest BCUT2D eigenvalue weighted by molar-refractivity contribution is 0.0720. The number of halogens is 1. The number of rotatable bonds is 5. The van der Waals surface area contributed by atoms with Gasteiger partial charge in [0.2, 0.25) is 0 Å². The molecule has 0 spiro atoms. The Morgan fingerprint density at radius 3 is 2.33 bits per heavy atom. The number of hydrogen-bond donors (Lipinski definition) is 0. The first-order valence-corrected chi connectivity index (χ1v) is 5.83. The van der Waals surface area contributed by atoms with E-state index in [2.05, 4.69) is 6.58 Å². The van der Waals surface area contributed by atoms with Crippen LogP contribution in [0.25, 0.3) is 0 Å². The van der Waals surface area contributed by atoms with E-state index in [1.807, 2.05) is 30.3 Å². The van der Waals surface area contributed by atoms with E-state index < -0.39 is 0 Å². The lowest BCUT2D eigenvalue weighted by Gasteiger charge is -2.14. The highest BCUT2D eigenvalue weighted by Gasteiger charge is 2.07. The Morgan fingerprint density at radius 2 is 1.72 bits per heavy atom. The lowest BCUT2D eigenvalue weighted by atomic mass is 10.1. The fourth-order valence-electron chi connectivity index (χ4n) is 1.71. The molecule has 0 radical (unpaired) electrons. The molecule has 1 atom stereocenters. The van der Waals surface area contributed by atoms with Crippen molar-refractivity contribution in [2.75, 3.05) is 0 Å². The molecule has 0 aliphatic heterocycles. The van der Waals surface area contributed by atoms with Gasteiger partial charge in [-0.3, -0.25) is 0 Å². The van der Waals surface area contributed by atoms with Crippen molar-refractivity contribution in [3.8, 4) is 0 Å². The Balaban J connectivity index is 2.02. The summed E-state index contributed by atoms with van der Waals surface area (Å²) in [6.45, 7) is 4.26. The first-order valence-electron chi connectivity index (χ1n) is 5.83. The van der Waals surface area contributed by atoms with E-state index >= 15 is 0 Å². The predicted octanol–water partition coefficient (Wildman–Crippen LogP) is 4.27. The molecule has 0 amide bonds. The molecule has 18 heavy (non-hydrogen) atoms. The largest absolute Gasteiger partial charge is 0.365 e. The summed E-state index contributed by atoms with van der Waals surface area (Å²) in [5.41, 5.74) is 2.01. The van der Waals surface area contributed by atoms with E-state index in [9.17, 15) is 4.39 Å². The van der Waals surface area contributed by atoms with Crippen molar-refractivity contribution in [3.63, 3.8) is 0 Å². The van der Waals surface area contributed by atoms with Gasteiger partial charge in [0.15, 0.2) is 0 Å². The third-order valence-electron chi connectivity index (χ3n) is 2.68. The molecule has 2 aromatic rings. The maximum atomic E-state index is 12.8. The quantitative estimate of drug-likeness (QED) is 0.711. The summed E-state index contributed by atoms with van der Waals surface area (Å²) in [7, 11) is 0. The zero-order valence-corrected chi connectivity index (χ0v) is 10.1. The molecule has 0 saturated heterocycles. The van der Waals surface area contributed by atoms with Gasteiger partial charge in [-0.15, -0.1) is 6.58 Å². The number of hydrogen-bond acceptors (Lipinski definition) is 1. The molecule has 0 heterocycles. The van der Waals surface area contributed by atoms with E-state index in [-0.39, 0.29) is 11.9 Å². The SMILES string of the molecule is C=CC(OCc1ccccc1)c1ccc(F)cc1. The van der Waals surface area contributed by atoms with Gasteiger partial charge in [0, 0.05) is 0 Å². The monoisotopic (exact) mass is 242 g/mol. The first kappa shape index (κ1) is 12.5. The highest BCUT2D eigenvalue weighted by Crippen LogP contribution is 2.20. The highest BCUT2D eigenvalue weighted by atomic mass is 19.1. The van der Waals surface area contributed by atoms with Gasteiger partial charge >= 0.3 is 0 Å². The van der Waals surface area contributed by atoms with Gasteiger partial charge in [-0.2, -0.15) is 0 Å². The molecule has 1 unspecified atom stereocenters. The minimum atomic E-state index is -0.246. The Labute approximate surface area is 107 Å². The summed E-state index contributed by atoms with van der Waals surface area (Å²) in [6.07, 6.45) is 1.50. The average molecular weight is 242 g/mol. The summed E-state index contributed by atoms with van der Waals surface area (Å²) in [5.74, 6) is -0.246. The van der Waals surface area contributed by atoms with Gasteiger partial charge in [0.05, 0.1) is 6.61 Å². The molecule has 0 aromatic heterocycles. The van der Waals surface area contributed by atoms with Crippen LogP contribution in [0, 0.1) is 5.82 Å². The van der Waals surface area contributed by atoms with Crippen LogP contribution in [0.5, 0.6) is 0 Å². The van der Waals surface area contributed by atoms with Crippen molar-refractivity contribution in [1.82, 2.24) is 0 Å². The Hall–Kier alpha value is -1.93. The van der Waals surface area contributed by atoms with Crippen LogP contribution in [0.15, 0.2) is 67.3 Å². The highest BCUT2D eigenvalue weighted by molar-refractivity contribution is 5.22. The van der Waals surface area contributed by atoms with Gasteiger partial charge in [0.1, 0.15) is 11.9 Å². The number of benzene rings is 2. The summed E-state index contributed by atoms with van der Waals surface area (Å²) < 4.78 is 18.6. The van der Waals surface area contributed by atoms with Crippen molar-refractivity contribution >= 4 is 0 Å². The second kappa shape index (κ2) is 6.12. The van der Waals surface area contributed by atoms with Crippen LogP contribution in [-0.2, 0) is 11.3 Å². The molecule has 2 aromatic carbocycles. The third-order valence-corrected chi connectivity index (χ3v) is 2.68. The van der Waals surface area contributed by atoms with Crippen molar-refractivity contribution in [2.45, 2.75) is 12.7 Å². The van der Waals surface area contributed by atoms with Gasteiger partial charge in [-0.25, -0.2) is 4.39 Å². The summed E-state index contributed by atoms with van der Waals surface area (Å²) >= 11 is 0. The molecular formula is C16H15FO. The van der Waals surface area contributed by atoms with Crippen LogP contribution in [0.4, 0.5) is 4.39 Å². The number of ether oxygens (including phenoxy) is 1. The lowest BCUT2D eigenvalue weighted by Crippen LogP contribution is -2.01. The van der Waals surface area contributed by atoms with E-state index in [0.717, 1.165) is 11.1 Å². The van der Waals surface area contributed by atoms with Crippen molar-refractivity contribution in [3.05, 3.63) is 84.2 Å². The topological polar surface area (TPSA) is 9.23 Å². The van der Waals surface area contributed by atoms with Gasteiger partial charge in [0.25, 0.3) is 0 Å². The molecule has 0 bridgehead atoms. The first-order chi connectivity index (χ1) is 8.79. The molecule has 2 heteroatoms. The molecule has 2 rings (SSSR count). The van der Waals surface area contributed by atoms with E-state index in [0.29, 0.717) is 6.61 Å². The normalized spacial score (nSPS) is 12.1. The molecule has 0 aliphatic carbocycles. The fraction of sp³-hybridized carbons (Fsp3) is 0.125. The van der Waals surface area contributed by atoms with E-state index in [4.69, 9.17) is 4.74 Å². The van der Waals surface area contributed by atoms with Crippen LogP contribution in [-0.4, -0.2) is 0 Å². The second-order valence-corrected chi connectivity index (χ2v) is 4.00. The predicted molar refractivity (Wildman–Crippen MR) is 70.6 cm³/mol. The van der Waals surface area contributed by atoms with Gasteiger partial charge in [-0.05, 0) is 23.3 Å². The fourth-order valence-corrected chi connectivity index (χ4v) is 1.71. The Morgan fingerprint density at radius 1 is 1.06 bits per heavy atom. The molecular weight excluding hydrogens is 227 g/mol. The minimum Gasteiger partial charge on any atom is -0.365 e.